The fourth-order valence-corrected chi connectivity index (χ4v) is 0.650. The standard InChI is InChI=1S/C5H6O4/c1-2-3(4(6)7)9-5(2)8/h2-3H,1H3,(H,6,7). The van der Waals surface area contributed by atoms with Crippen molar-refractivity contribution >= 4 is 11.9 Å². The summed E-state index contributed by atoms with van der Waals surface area (Å²) in [7, 11) is 0. The van der Waals surface area contributed by atoms with Gasteiger partial charge in [0.2, 0.25) is 6.10 Å². The molecular weight excluding hydrogens is 124 g/mol. The quantitative estimate of drug-likeness (QED) is 0.492. The van der Waals surface area contributed by atoms with Gasteiger partial charge >= 0.3 is 11.9 Å². The molecule has 0 aliphatic carbocycles. The molecule has 1 aliphatic heterocycles. The second kappa shape index (κ2) is 1.72. The molecule has 1 fully saturated rings. The molecule has 0 aromatic heterocycles. The van der Waals surface area contributed by atoms with Gasteiger partial charge in [0.05, 0.1) is 0 Å². The van der Waals surface area contributed by atoms with Gasteiger partial charge in [-0.05, 0) is 6.92 Å². The molecule has 4 heteroatoms. The van der Waals surface area contributed by atoms with Crippen molar-refractivity contribution in [3.05, 3.63) is 0 Å². The number of ether oxygens (including phenoxy) is 1. The van der Waals surface area contributed by atoms with Crippen molar-refractivity contribution in [3.63, 3.8) is 0 Å². The zero-order valence-electron chi connectivity index (χ0n) is 4.83. The van der Waals surface area contributed by atoms with Crippen LogP contribution in [-0.2, 0) is 14.3 Å². The summed E-state index contributed by atoms with van der Waals surface area (Å²) in [6.07, 6.45) is -0.905. The first-order chi connectivity index (χ1) is 4.13. The van der Waals surface area contributed by atoms with E-state index in [1.165, 1.54) is 6.92 Å². The molecule has 1 aliphatic rings. The normalized spacial score (nSPS) is 32.8. The van der Waals surface area contributed by atoms with Crippen molar-refractivity contribution in [1.82, 2.24) is 0 Å². The van der Waals surface area contributed by atoms with Gasteiger partial charge in [0.1, 0.15) is 5.92 Å². The first-order valence-corrected chi connectivity index (χ1v) is 2.56. The molecule has 1 saturated heterocycles. The second-order valence-electron chi connectivity index (χ2n) is 1.98. The smallest absolute Gasteiger partial charge is 0.345 e. The molecule has 0 spiro atoms. The van der Waals surface area contributed by atoms with E-state index in [2.05, 4.69) is 4.74 Å². The third-order valence-electron chi connectivity index (χ3n) is 1.31. The molecule has 1 heterocycles. The van der Waals surface area contributed by atoms with Crippen LogP contribution in [0.25, 0.3) is 0 Å². The van der Waals surface area contributed by atoms with E-state index in [4.69, 9.17) is 5.11 Å². The van der Waals surface area contributed by atoms with Crippen LogP contribution in [0.1, 0.15) is 6.92 Å². The number of carboxylic acid groups (broad SMARTS) is 1. The van der Waals surface area contributed by atoms with Crippen LogP contribution < -0.4 is 0 Å². The average molecular weight is 130 g/mol. The molecule has 50 valence electrons. The molecule has 0 bridgehead atoms. The number of carbonyl (C=O) groups is 2. The summed E-state index contributed by atoms with van der Waals surface area (Å²) < 4.78 is 4.27. The van der Waals surface area contributed by atoms with Crippen LogP contribution in [0.2, 0.25) is 0 Å². The monoisotopic (exact) mass is 130 g/mol. The maximum Gasteiger partial charge on any atom is 0.345 e. The van der Waals surface area contributed by atoms with E-state index < -0.39 is 24.0 Å². The number of carbonyl (C=O) groups excluding carboxylic acids is 1. The summed E-state index contributed by atoms with van der Waals surface area (Å²) >= 11 is 0. The van der Waals surface area contributed by atoms with Gasteiger partial charge in [-0.3, -0.25) is 4.79 Å². The molecule has 9 heavy (non-hydrogen) atoms. The number of carboxylic acids is 1. The fourth-order valence-electron chi connectivity index (χ4n) is 0.650. The first kappa shape index (κ1) is 6.07. The van der Waals surface area contributed by atoms with E-state index in [0.29, 0.717) is 0 Å². The average Bonchev–Trinajstić information content (AvgIpc) is 1.81. The highest BCUT2D eigenvalue weighted by Gasteiger charge is 2.43. The van der Waals surface area contributed by atoms with Crippen molar-refractivity contribution in [2.75, 3.05) is 0 Å². The number of cyclic esters (lactones) is 1. The van der Waals surface area contributed by atoms with Gasteiger partial charge in [0.25, 0.3) is 0 Å². The molecule has 2 unspecified atom stereocenters. The molecular formula is C5H6O4. The molecule has 0 amide bonds. The number of esters is 1. The van der Waals surface area contributed by atoms with E-state index >= 15 is 0 Å². The molecule has 0 saturated carbocycles. The van der Waals surface area contributed by atoms with Gasteiger partial charge in [-0.25, -0.2) is 4.79 Å². The highest BCUT2D eigenvalue weighted by Crippen LogP contribution is 2.20. The van der Waals surface area contributed by atoms with Crippen LogP contribution in [0.15, 0.2) is 0 Å². The fraction of sp³-hybridized carbons (Fsp3) is 0.600. The third-order valence-corrected chi connectivity index (χ3v) is 1.31. The van der Waals surface area contributed by atoms with Crippen molar-refractivity contribution < 1.29 is 19.4 Å². The summed E-state index contributed by atoms with van der Waals surface area (Å²) in [5, 5.41) is 8.24. The van der Waals surface area contributed by atoms with Gasteiger partial charge in [-0.2, -0.15) is 0 Å². The number of hydrogen-bond donors (Lipinski definition) is 1. The molecule has 0 aromatic carbocycles. The van der Waals surface area contributed by atoms with Gasteiger partial charge < -0.3 is 9.84 Å². The highest BCUT2D eigenvalue weighted by molar-refractivity contribution is 5.90. The lowest BCUT2D eigenvalue weighted by molar-refractivity contribution is -0.193. The maximum absolute atomic E-state index is 10.3. The predicted octanol–water partition coefficient (Wildman–Crippen LogP) is -0.367. The van der Waals surface area contributed by atoms with Crippen LogP contribution in [0.3, 0.4) is 0 Å². The van der Waals surface area contributed by atoms with E-state index in [0.717, 1.165) is 0 Å². The Labute approximate surface area is 51.4 Å². The summed E-state index contributed by atoms with van der Waals surface area (Å²) in [5.74, 6) is -1.97. The first-order valence-electron chi connectivity index (χ1n) is 2.56. The third kappa shape index (κ3) is 0.759. The van der Waals surface area contributed by atoms with Gasteiger partial charge in [0.15, 0.2) is 0 Å². The summed E-state index contributed by atoms with van der Waals surface area (Å²) in [6.45, 7) is 1.53. The van der Waals surface area contributed by atoms with Crippen molar-refractivity contribution in [2.45, 2.75) is 13.0 Å². The largest absolute Gasteiger partial charge is 0.478 e. The predicted molar refractivity (Wildman–Crippen MR) is 26.7 cm³/mol. The lowest BCUT2D eigenvalue weighted by atomic mass is 10.00. The minimum atomic E-state index is -1.07. The number of aliphatic carboxylic acids is 1. The molecule has 2 atom stereocenters. The van der Waals surface area contributed by atoms with E-state index in [-0.39, 0.29) is 0 Å². The van der Waals surface area contributed by atoms with E-state index in [9.17, 15) is 9.59 Å². The van der Waals surface area contributed by atoms with Gasteiger partial charge in [-0.15, -0.1) is 0 Å². The minimum Gasteiger partial charge on any atom is -0.478 e. The number of hydrogen-bond acceptors (Lipinski definition) is 3. The topological polar surface area (TPSA) is 63.6 Å². The van der Waals surface area contributed by atoms with E-state index in [1.807, 2.05) is 0 Å². The van der Waals surface area contributed by atoms with Crippen LogP contribution in [0, 0.1) is 5.92 Å². The van der Waals surface area contributed by atoms with Crippen LogP contribution >= 0.6 is 0 Å². The summed E-state index contributed by atoms with van der Waals surface area (Å²) in [5.41, 5.74) is 0. The summed E-state index contributed by atoms with van der Waals surface area (Å²) in [4.78, 5) is 20.3. The Morgan fingerprint density at radius 3 is 2.44 bits per heavy atom. The SMILES string of the molecule is CC1C(=O)OC1C(=O)O. The van der Waals surface area contributed by atoms with Gasteiger partial charge in [-0.1, -0.05) is 0 Å². The van der Waals surface area contributed by atoms with Crippen molar-refractivity contribution in [3.8, 4) is 0 Å². The minimum absolute atomic E-state index is 0.428. The lowest BCUT2D eigenvalue weighted by Gasteiger charge is -2.28. The Bertz CT molecular complexity index is 162. The Morgan fingerprint density at radius 2 is 2.33 bits per heavy atom. The Morgan fingerprint density at radius 1 is 1.78 bits per heavy atom. The van der Waals surface area contributed by atoms with E-state index in [1.54, 1.807) is 0 Å². The van der Waals surface area contributed by atoms with Crippen molar-refractivity contribution in [1.29, 1.82) is 0 Å². The molecule has 0 aromatic rings. The number of rotatable bonds is 1. The lowest BCUT2D eigenvalue weighted by Crippen LogP contribution is -2.48. The Balaban J connectivity index is 2.51. The molecule has 1 N–H and O–H groups in total. The van der Waals surface area contributed by atoms with Gasteiger partial charge in [0, 0.05) is 0 Å². The molecule has 0 radical (unpaired) electrons. The Kier molecular flexibility index (Phi) is 1.16. The zero-order chi connectivity index (χ0) is 7.02. The molecule has 1 rings (SSSR count). The highest BCUT2D eigenvalue weighted by atomic mass is 16.6. The van der Waals surface area contributed by atoms with Crippen LogP contribution in [0.4, 0.5) is 0 Å². The molecule has 4 nitrogen and oxygen atoms in total. The zero-order valence-corrected chi connectivity index (χ0v) is 4.83. The Hall–Kier alpha value is -1.06. The van der Waals surface area contributed by atoms with Crippen LogP contribution in [-0.4, -0.2) is 23.1 Å². The second-order valence-corrected chi connectivity index (χ2v) is 1.98. The maximum atomic E-state index is 10.3. The summed E-state index contributed by atoms with van der Waals surface area (Å²) in [6, 6.07) is 0. The van der Waals surface area contributed by atoms with Crippen molar-refractivity contribution in [2.24, 2.45) is 5.92 Å². The van der Waals surface area contributed by atoms with Crippen LogP contribution in [0.5, 0.6) is 0 Å².